The van der Waals surface area contributed by atoms with Crippen LogP contribution in [0, 0.1) is 0 Å². The summed E-state index contributed by atoms with van der Waals surface area (Å²) in [7, 11) is 0. The summed E-state index contributed by atoms with van der Waals surface area (Å²) in [4.78, 5) is 1.24. The molecule has 0 bridgehead atoms. The third kappa shape index (κ3) is 4.63. The maximum atomic E-state index is 5.94. The SMILES string of the molecule is Clc1cccc(SCCCNc2ccccc2)c1. The van der Waals surface area contributed by atoms with Crippen molar-refractivity contribution in [3.8, 4) is 0 Å². The zero-order chi connectivity index (χ0) is 12.6. The number of halogens is 1. The summed E-state index contributed by atoms with van der Waals surface area (Å²) in [6.45, 7) is 0.998. The highest BCUT2D eigenvalue weighted by molar-refractivity contribution is 7.99. The van der Waals surface area contributed by atoms with E-state index in [2.05, 4.69) is 23.5 Å². The molecule has 0 unspecified atom stereocenters. The smallest absolute Gasteiger partial charge is 0.0417 e. The highest BCUT2D eigenvalue weighted by atomic mass is 35.5. The van der Waals surface area contributed by atoms with E-state index in [0.717, 1.165) is 23.7 Å². The van der Waals surface area contributed by atoms with Gasteiger partial charge in [0, 0.05) is 22.2 Å². The quantitative estimate of drug-likeness (QED) is 0.593. The fourth-order valence-corrected chi connectivity index (χ4v) is 2.77. The van der Waals surface area contributed by atoms with E-state index in [-0.39, 0.29) is 0 Å². The van der Waals surface area contributed by atoms with E-state index in [1.807, 2.05) is 48.2 Å². The highest BCUT2D eigenvalue weighted by Gasteiger charge is 1.95. The van der Waals surface area contributed by atoms with Crippen LogP contribution in [0.15, 0.2) is 59.5 Å². The fourth-order valence-electron chi connectivity index (χ4n) is 1.61. The molecule has 2 rings (SSSR count). The second-order valence-electron chi connectivity index (χ2n) is 3.95. The number of para-hydroxylation sites is 1. The summed E-state index contributed by atoms with van der Waals surface area (Å²) in [6.07, 6.45) is 1.13. The molecule has 3 heteroatoms. The van der Waals surface area contributed by atoms with Crippen LogP contribution in [-0.2, 0) is 0 Å². The average molecular weight is 278 g/mol. The number of thioether (sulfide) groups is 1. The number of benzene rings is 2. The van der Waals surface area contributed by atoms with Gasteiger partial charge in [0.2, 0.25) is 0 Å². The summed E-state index contributed by atoms with van der Waals surface area (Å²) < 4.78 is 0. The van der Waals surface area contributed by atoms with Gasteiger partial charge >= 0.3 is 0 Å². The molecule has 0 saturated carbocycles. The summed E-state index contributed by atoms with van der Waals surface area (Å²) in [6, 6.07) is 18.3. The van der Waals surface area contributed by atoms with Crippen LogP contribution in [0.5, 0.6) is 0 Å². The molecule has 18 heavy (non-hydrogen) atoms. The van der Waals surface area contributed by atoms with Gasteiger partial charge in [0.05, 0.1) is 0 Å². The van der Waals surface area contributed by atoms with E-state index in [1.54, 1.807) is 0 Å². The fraction of sp³-hybridized carbons (Fsp3) is 0.200. The van der Waals surface area contributed by atoms with Crippen LogP contribution in [0.4, 0.5) is 5.69 Å². The molecule has 0 aromatic heterocycles. The average Bonchev–Trinajstić information content (AvgIpc) is 2.40. The Balaban J connectivity index is 1.65. The molecule has 0 saturated heterocycles. The van der Waals surface area contributed by atoms with Gasteiger partial charge < -0.3 is 5.32 Å². The standard InChI is InChI=1S/C15H16ClNS/c16-13-6-4-9-15(12-13)18-11-5-10-17-14-7-2-1-3-8-14/h1-4,6-9,12,17H,5,10-11H2. The first-order chi connectivity index (χ1) is 8.84. The summed E-state index contributed by atoms with van der Waals surface area (Å²) in [5, 5.41) is 4.21. The van der Waals surface area contributed by atoms with Crippen molar-refractivity contribution in [2.75, 3.05) is 17.6 Å². The third-order valence-corrected chi connectivity index (χ3v) is 3.80. The second kappa shape index (κ2) is 7.34. The number of hydrogen-bond acceptors (Lipinski definition) is 2. The van der Waals surface area contributed by atoms with Crippen LogP contribution < -0.4 is 5.32 Å². The van der Waals surface area contributed by atoms with Gasteiger partial charge in [0.25, 0.3) is 0 Å². The molecule has 2 aromatic rings. The molecule has 0 aliphatic heterocycles. The third-order valence-electron chi connectivity index (χ3n) is 2.49. The molecule has 0 heterocycles. The second-order valence-corrected chi connectivity index (χ2v) is 5.56. The van der Waals surface area contributed by atoms with Gasteiger partial charge in [0.15, 0.2) is 0 Å². The molecule has 0 fully saturated rings. The summed E-state index contributed by atoms with van der Waals surface area (Å²) in [5.74, 6) is 1.10. The first-order valence-electron chi connectivity index (χ1n) is 6.02. The Morgan fingerprint density at radius 3 is 2.61 bits per heavy atom. The van der Waals surface area contributed by atoms with E-state index >= 15 is 0 Å². The maximum absolute atomic E-state index is 5.94. The van der Waals surface area contributed by atoms with E-state index in [1.165, 1.54) is 10.6 Å². The van der Waals surface area contributed by atoms with Crippen molar-refractivity contribution < 1.29 is 0 Å². The molecule has 0 aliphatic carbocycles. The van der Waals surface area contributed by atoms with Crippen LogP contribution in [0.1, 0.15) is 6.42 Å². The minimum Gasteiger partial charge on any atom is -0.385 e. The van der Waals surface area contributed by atoms with Crippen LogP contribution in [0.3, 0.4) is 0 Å². The largest absolute Gasteiger partial charge is 0.385 e. The highest BCUT2D eigenvalue weighted by Crippen LogP contribution is 2.22. The van der Waals surface area contributed by atoms with Gasteiger partial charge in [-0.15, -0.1) is 11.8 Å². The van der Waals surface area contributed by atoms with Gasteiger partial charge in [0.1, 0.15) is 0 Å². The lowest BCUT2D eigenvalue weighted by molar-refractivity contribution is 0.991. The number of anilines is 1. The van der Waals surface area contributed by atoms with Crippen LogP contribution >= 0.6 is 23.4 Å². The lowest BCUT2D eigenvalue weighted by atomic mass is 10.3. The molecule has 0 aliphatic rings. The zero-order valence-electron chi connectivity index (χ0n) is 10.1. The van der Waals surface area contributed by atoms with Gasteiger partial charge in [-0.3, -0.25) is 0 Å². The Kier molecular flexibility index (Phi) is 5.43. The number of nitrogens with one attached hydrogen (secondary N) is 1. The Bertz CT molecular complexity index is 473. The van der Waals surface area contributed by atoms with Crippen molar-refractivity contribution in [2.24, 2.45) is 0 Å². The zero-order valence-corrected chi connectivity index (χ0v) is 11.7. The molecule has 0 radical (unpaired) electrons. The monoisotopic (exact) mass is 277 g/mol. The Hall–Kier alpha value is -1.12. The molecule has 1 nitrogen and oxygen atoms in total. The molecule has 0 atom stereocenters. The lowest BCUT2D eigenvalue weighted by Gasteiger charge is -2.06. The minimum absolute atomic E-state index is 0.808. The Labute approximate surface area is 118 Å². The first kappa shape index (κ1) is 13.3. The molecule has 94 valence electrons. The summed E-state index contributed by atoms with van der Waals surface area (Å²) >= 11 is 7.78. The van der Waals surface area contributed by atoms with Crippen molar-refractivity contribution in [3.63, 3.8) is 0 Å². The molecular formula is C15H16ClNS. The lowest BCUT2D eigenvalue weighted by Crippen LogP contribution is -2.02. The van der Waals surface area contributed by atoms with Crippen molar-refractivity contribution in [1.29, 1.82) is 0 Å². The summed E-state index contributed by atoms with van der Waals surface area (Å²) in [5.41, 5.74) is 1.19. The Morgan fingerprint density at radius 1 is 1.00 bits per heavy atom. The number of rotatable bonds is 6. The first-order valence-corrected chi connectivity index (χ1v) is 7.38. The van der Waals surface area contributed by atoms with Crippen molar-refractivity contribution in [3.05, 3.63) is 59.6 Å². The van der Waals surface area contributed by atoms with E-state index in [9.17, 15) is 0 Å². The normalized spacial score (nSPS) is 10.3. The van der Waals surface area contributed by atoms with Gasteiger partial charge in [-0.05, 0) is 42.5 Å². The topological polar surface area (TPSA) is 12.0 Å². The molecule has 1 N–H and O–H groups in total. The number of hydrogen-bond donors (Lipinski definition) is 1. The van der Waals surface area contributed by atoms with Gasteiger partial charge in [-0.2, -0.15) is 0 Å². The molecule has 0 spiro atoms. The minimum atomic E-state index is 0.808. The van der Waals surface area contributed by atoms with Crippen molar-refractivity contribution in [2.45, 2.75) is 11.3 Å². The van der Waals surface area contributed by atoms with E-state index in [0.29, 0.717) is 0 Å². The van der Waals surface area contributed by atoms with Crippen LogP contribution in [-0.4, -0.2) is 12.3 Å². The van der Waals surface area contributed by atoms with Crippen molar-refractivity contribution in [1.82, 2.24) is 0 Å². The van der Waals surface area contributed by atoms with Crippen molar-refractivity contribution >= 4 is 29.1 Å². The Morgan fingerprint density at radius 2 is 1.83 bits per heavy atom. The predicted molar refractivity (Wildman–Crippen MR) is 81.7 cm³/mol. The molecular weight excluding hydrogens is 262 g/mol. The van der Waals surface area contributed by atoms with E-state index in [4.69, 9.17) is 11.6 Å². The maximum Gasteiger partial charge on any atom is 0.0417 e. The molecule has 2 aromatic carbocycles. The van der Waals surface area contributed by atoms with Gasteiger partial charge in [-0.1, -0.05) is 35.9 Å². The molecule has 0 amide bonds. The van der Waals surface area contributed by atoms with Crippen LogP contribution in [0.25, 0.3) is 0 Å². The van der Waals surface area contributed by atoms with E-state index < -0.39 is 0 Å². The van der Waals surface area contributed by atoms with Crippen LogP contribution in [0.2, 0.25) is 5.02 Å². The predicted octanol–water partition coefficient (Wildman–Crippen LogP) is 4.93. The van der Waals surface area contributed by atoms with Gasteiger partial charge in [-0.25, -0.2) is 0 Å².